The zero-order valence-corrected chi connectivity index (χ0v) is 40.0. The molecule has 0 heterocycles. The van der Waals surface area contributed by atoms with Crippen LogP contribution in [0.5, 0.6) is 0 Å². The Morgan fingerprint density at radius 2 is 0.438 bits per heavy atom. The Bertz CT molecular complexity index is 973. The summed E-state index contributed by atoms with van der Waals surface area (Å²) in [5.74, 6) is 0. The van der Waals surface area contributed by atoms with E-state index in [1.54, 1.807) is 0 Å². The molecule has 0 unspecified atom stereocenters. The minimum atomic E-state index is -4.99. The zero-order valence-electron chi connectivity index (χ0n) is 35.5. The predicted octanol–water partition coefficient (Wildman–Crippen LogP) is 5.68. The first-order valence-corrected chi connectivity index (χ1v) is 24.3. The van der Waals surface area contributed by atoms with Crippen molar-refractivity contribution in [3.05, 3.63) is 0 Å². The van der Waals surface area contributed by atoms with E-state index in [-0.39, 0.29) is 0 Å². The van der Waals surface area contributed by atoms with Crippen LogP contribution in [0.1, 0.15) is 6.92 Å². The average molecular weight is 785 g/mol. The van der Waals surface area contributed by atoms with Gasteiger partial charge in [-0.1, -0.05) is 0 Å². The standard InChI is InChI=1S/C26H77N16OP5/c1-26-43-48(27-44(31(2)3,32(4)5)33(6)7,28-45(34(8)9,35(10)11)36(12)13,29-46(37(14)15,38(16)17)39(18)19)30-47(40(20)21,41(22)23)42(24)25/h26H2,1-25H3. The van der Waals surface area contributed by atoms with Crippen molar-refractivity contribution in [1.29, 1.82) is 0 Å². The molecule has 0 aromatic heterocycles. The SMILES string of the molecule is CCOP(N=P(N(C)C)(N(C)C)N(C)C)(N=P(N(C)C)(N(C)C)N(C)C)(N=P(N(C)C)(N(C)C)N(C)C)N=P(N(C)C)(N(C)C)N(C)C. The molecule has 48 heavy (non-hydrogen) atoms. The summed E-state index contributed by atoms with van der Waals surface area (Å²) < 4.78 is 58.7. The van der Waals surface area contributed by atoms with Gasteiger partial charge in [-0.2, -0.15) is 0 Å². The van der Waals surface area contributed by atoms with Crippen molar-refractivity contribution < 1.29 is 4.52 Å². The van der Waals surface area contributed by atoms with Gasteiger partial charge in [-0.25, -0.2) is 0 Å². The van der Waals surface area contributed by atoms with Gasteiger partial charge < -0.3 is 0 Å². The molecule has 0 aliphatic carbocycles. The van der Waals surface area contributed by atoms with Crippen LogP contribution in [0.25, 0.3) is 0 Å². The van der Waals surface area contributed by atoms with Crippen LogP contribution >= 0.6 is 37.5 Å². The van der Waals surface area contributed by atoms with E-state index in [1.807, 2.05) is 6.92 Å². The van der Waals surface area contributed by atoms with Crippen LogP contribution in [0.2, 0.25) is 0 Å². The molecule has 0 bridgehead atoms. The third-order valence-corrected chi connectivity index (χ3v) is 30.4. The van der Waals surface area contributed by atoms with Crippen molar-refractivity contribution in [1.82, 2.24) is 56.0 Å². The summed E-state index contributed by atoms with van der Waals surface area (Å²) >= 11 is 0. The van der Waals surface area contributed by atoms with E-state index in [9.17, 15) is 0 Å². The van der Waals surface area contributed by atoms with Crippen LogP contribution in [0.15, 0.2) is 18.1 Å². The fourth-order valence-electron chi connectivity index (χ4n) is 6.53. The first-order chi connectivity index (χ1) is 21.5. The Balaban J connectivity index is 11.0. The van der Waals surface area contributed by atoms with Crippen LogP contribution in [-0.4, -0.2) is 232 Å². The Hall–Kier alpha value is 0.830. The quantitative estimate of drug-likeness (QED) is 0.160. The van der Waals surface area contributed by atoms with Crippen LogP contribution in [-0.2, 0) is 4.52 Å². The van der Waals surface area contributed by atoms with Crippen LogP contribution in [0.3, 0.4) is 0 Å². The van der Waals surface area contributed by atoms with Gasteiger partial charge in [0.05, 0.1) is 0 Å². The molecule has 0 aliphatic heterocycles. The van der Waals surface area contributed by atoms with E-state index in [0.717, 1.165) is 0 Å². The predicted molar refractivity (Wildman–Crippen MR) is 220 cm³/mol. The molecule has 0 aliphatic rings. The molecule has 292 valence electrons. The molecule has 0 aromatic carbocycles. The summed E-state index contributed by atoms with van der Waals surface area (Å²) in [4.78, 5) is 0. The van der Waals surface area contributed by atoms with Gasteiger partial charge in [0.25, 0.3) is 0 Å². The van der Waals surface area contributed by atoms with Gasteiger partial charge >= 0.3 is 299 Å². The Labute approximate surface area is 298 Å². The Kier molecular flexibility index (Phi) is 18.1. The van der Waals surface area contributed by atoms with Crippen LogP contribution in [0.4, 0.5) is 0 Å². The summed E-state index contributed by atoms with van der Waals surface area (Å²) in [7, 11) is 33.8. The first kappa shape index (κ1) is 48.8. The van der Waals surface area contributed by atoms with E-state index in [2.05, 4.69) is 225 Å². The second-order valence-electron chi connectivity index (χ2n) is 14.0. The molecular formula is C26H77N16OP5. The van der Waals surface area contributed by atoms with Crippen molar-refractivity contribution >= 4 is 37.5 Å². The zero-order chi connectivity index (χ0) is 38.6. The maximum absolute atomic E-state index is 7.50. The summed E-state index contributed by atoms with van der Waals surface area (Å²) in [5.41, 5.74) is 0. The van der Waals surface area contributed by atoms with Crippen molar-refractivity contribution in [2.45, 2.75) is 6.92 Å². The number of hydrogen-bond acceptors (Lipinski definition) is 5. The topological polar surface area (TPSA) is 97.5 Å². The molecule has 0 radical (unpaired) electrons. The van der Waals surface area contributed by atoms with Gasteiger partial charge in [-0.3, -0.25) is 0 Å². The Morgan fingerprint density at radius 3 is 0.521 bits per heavy atom. The maximum atomic E-state index is 7.50. The van der Waals surface area contributed by atoms with E-state index in [4.69, 9.17) is 22.6 Å². The second kappa shape index (κ2) is 17.8. The number of rotatable bonds is 18. The summed E-state index contributed by atoms with van der Waals surface area (Å²) in [6.45, 7) is 2.31. The first-order valence-electron chi connectivity index (χ1n) is 15.9. The third kappa shape index (κ3) is 8.78. The van der Waals surface area contributed by atoms with Crippen molar-refractivity contribution in [2.24, 2.45) is 18.1 Å². The monoisotopic (exact) mass is 785 g/mol. The van der Waals surface area contributed by atoms with Gasteiger partial charge in [-0.15, -0.1) is 0 Å². The number of hydrogen-bond donors (Lipinski definition) is 0. The fraction of sp³-hybridized carbons (Fsp3) is 1.00. The van der Waals surface area contributed by atoms with Gasteiger partial charge in [-0.05, 0) is 0 Å². The molecular weight excluding hydrogens is 707 g/mol. The fourth-order valence-corrected chi connectivity index (χ4v) is 33.6. The Morgan fingerprint density at radius 1 is 0.312 bits per heavy atom. The van der Waals surface area contributed by atoms with Gasteiger partial charge in [0, 0.05) is 0 Å². The van der Waals surface area contributed by atoms with Crippen molar-refractivity contribution in [2.75, 3.05) is 176 Å². The molecule has 0 N–H and O–H groups in total. The molecule has 0 rings (SSSR count). The molecule has 0 saturated heterocycles. The molecule has 0 atom stereocenters. The minimum absolute atomic E-state index is 0.295. The van der Waals surface area contributed by atoms with Crippen molar-refractivity contribution in [3.8, 4) is 0 Å². The summed E-state index contributed by atoms with van der Waals surface area (Å²) in [6, 6.07) is 0. The van der Waals surface area contributed by atoms with Crippen LogP contribution < -0.4 is 0 Å². The molecule has 0 spiro atoms. The van der Waals surface area contributed by atoms with Gasteiger partial charge in [0.1, 0.15) is 0 Å². The van der Waals surface area contributed by atoms with Crippen LogP contribution in [0, 0.1) is 0 Å². The van der Waals surface area contributed by atoms with E-state index >= 15 is 0 Å². The average Bonchev–Trinajstić information content (AvgIpc) is 2.90. The molecule has 0 fully saturated rings. The third-order valence-electron chi connectivity index (χ3n) is 7.91. The van der Waals surface area contributed by atoms with Gasteiger partial charge in [0.2, 0.25) is 0 Å². The molecule has 22 heteroatoms. The molecule has 0 aromatic rings. The second-order valence-corrected chi connectivity index (χ2v) is 32.7. The molecule has 17 nitrogen and oxygen atoms in total. The van der Waals surface area contributed by atoms with E-state index < -0.39 is 37.5 Å². The molecule has 0 saturated carbocycles. The molecule has 0 amide bonds. The van der Waals surface area contributed by atoms with Crippen molar-refractivity contribution in [3.63, 3.8) is 0 Å². The normalized spacial score (nSPS) is 15.6. The summed E-state index contributed by atoms with van der Waals surface area (Å²) in [5, 5.41) is 0. The summed E-state index contributed by atoms with van der Waals surface area (Å²) in [6.07, 6.45) is 0. The van der Waals surface area contributed by atoms with Gasteiger partial charge in [0.15, 0.2) is 0 Å². The number of nitrogens with zero attached hydrogens (tertiary/aromatic N) is 16. The van der Waals surface area contributed by atoms with E-state index in [0.29, 0.717) is 6.61 Å². The van der Waals surface area contributed by atoms with E-state index in [1.165, 1.54) is 0 Å².